The second kappa shape index (κ2) is 6.11. The van der Waals surface area contributed by atoms with E-state index in [-0.39, 0.29) is 5.91 Å². The van der Waals surface area contributed by atoms with Crippen molar-refractivity contribution in [3.63, 3.8) is 0 Å². The molecule has 0 spiro atoms. The third-order valence-corrected chi connectivity index (χ3v) is 3.03. The molecule has 1 aromatic heterocycles. The molecule has 1 amide bonds. The van der Waals surface area contributed by atoms with Crippen molar-refractivity contribution >= 4 is 5.91 Å². The number of nitrogens with two attached hydrogens (primary N) is 1. The van der Waals surface area contributed by atoms with Crippen LogP contribution in [0.5, 0.6) is 0 Å². The SMILES string of the molecule is Cc1ncccc1C(=O)NCc1ccccc1CN. The molecular weight excluding hydrogens is 238 g/mol. The largest absolute Gasteiger partial charge is 0.348 e. The molecule has 19 heavy (non-hydrogen) atoms. The van der Waals surface area contributed by atoms with Gasteiger partial charge in [0.05, 0.1) is 5.56 Å². The summed E-state index contributed by atoms with van der Waals surface area (Å²) in [5.74, 6) is -0.113. The number of aryl methyl sites for hydroxylation is 1. The van der Waals surface area contributed by atoms with Crippen molar-refractivity contribution < 1.29 is 4.79 Å². The van der Waals surface area contributed by atoms with Gasteiger partial charge in [-0.2, -0.15) is 0 Å². The smallest absolute Gasteiger partial charge is 0.253 e. The standard InChI is InChI=1S/C15H17N3O/c1-11-14(7-4-8-17-11)15(19)18-10-13-6-3-2-5-12(13)9-16/h2-8H,9-10,16H2,1H3,(H,18,19). The topological polar surface area (TPSA) is 68.0 Å². The Morgan fingerprint density at radius 1 is 1.21 bits per heavy atom. The zero-order chi connectivity index (χ0) is 13.7. The molecule has 0 bridgehead atoms. The van der Waals surface area contributed by atoms with Crippen LogP contribution in [0.2, 0.25) is 0 Å². The van der Waals surface area contributed by atoms with Gasteiger partial charge in [0.1, 0.15) is 0 Å². The summed E-state index contributed by atoms with van der Waals surface area (Å²) in [6.45, 7) is 2.77. The van der Waals surface area contributed by atoms with Crippen molar-refractivity contribution in [2.24, 2.45) is 5.73 Å². The molecule has 0 fully saturated rings. The van der Waals surface area contributed by atoms with Crippen LogP contribution in [0.25, 0.3) is 0 Å². The number of pyridine rings is 1. The summed E-state index contributed by atoms with van der Waals surface area (Å²) in [6.07, 6.45) is 1.68. The van der Waals surface area contributed by atoms with Gasteiger partial charge in [-0.3, -0.25) is 9.78 Å². The van der Waals surface area contributed by atoms with E-state index in [1.54, 1.807) is 18.3 Å². The number of carbonyl (C=O) groups excluding carboxylic acids is 1. The highest BCUT2D eigenvalue weighted by molar-refractivity contribution is 5.95. The zero-order valence-corrected chi connectivity index (χ0v) is 10.9. The summed E-state index contributed by atoms with van der Waals surface area (Å²) in [5.41, 5.74) is 9.09. The summed E-state index contributed by atoms with van der Waals surface area (Å²) in [5, 5.41) is 2.90. The van der Waals surface area contributed by atoms with Gasteiger partial charge in [-0.05, 0) is 30.2 Å². The van der Waals surface area contributed by atoms with E-state index in [0.29, 0.717) is 18.7 Å². The van der Waals surface area contributed by atoms with Crippen LogP contribution in [0.4, 0.5) is 0 Å². The molecule has 2 rings (SSSR count). The van der Waals surface area contributed by atoms with Gasteiger partial charge in [-0.25, -0.2) is 0 Å². The van der Waals surface area contributed by atoms with Crippen LogP contribution < -0.4 is 11.1 Å². The molecule has 3 N–H and O–H groups in total. The molecule has 0 aliphatic rings. The molecule has 1 heterocycles. The minimum Gasteiger partial charge on any atom is -0.348 e. The maximum absolute atomic E-state index is 12.1. The van der Waals surface area contributed by atoms with Gasteiger partial charge < -0.3 is 11.1 Å². The summed E-state index contributed by atoms with van der Waals surface area (Å²) < 4.78 is 0. The van der Waals surface area contributed by atoms with Gasteiger partial charge in [0.2, 0.25) is 0 Å². The number of nitrogens with one attached hydrogen (secondary N) is 1. The average molecular weight is 255 g/mol. The van der Waals surface area contributed by atoms with E-state index < -0.39 is 0 Å². The Morgan fingerprint density at radius 2 is 1.95 bits per heavy atom. The Kier molecular flexibility index (Phi) is 4.26. The highest BCUT2D eigenvalue weighted by atomic mass is 16.1. The highest BCUT2D eigenvalue weighted by Crippen LogP contribution is 2.09. The van der Waals surface area contributed by atoms with Crippen LogP contribution in [0.3, 0.4) is 0 Å². The van der Waals surface area contributed by atoms with Gasteiger partial charge in [-0.15, -0.1) is 0 Å². The number of nitrogens with zero attached hydrogens (tertiary/aromatic N) is 1. The molecule has 4 nitrogen and oxygen atoms in total. The molecular formula is C15H17N3O. The normalized spacial score (nSPS) is 10.2. The second-order valence-electron chi connectivity index (χ2n) is 4.29. The maximum Gasteiger partial charge on any atom is 0.253 e. The van der Waals surface area contributed by atoms with Crippen LogP contribution in [0.15, 0.2) is 42.6 Å². The Bertz CT molecular complexity index is 581. The van der Waals surface area contributed by atoms with Gasteiger partial charge in [-0.1, -0.05) is 24.3 Å². The first kappa shape index (κ1) is 13.2. The molecule has 0 unspecified atom stereocenters. The lowest BCUT2D eigenvalue weighted by Crippen LogP contribution is -2.24. The lowest BCUT2D eigenvalue weighted by Gasteiger charge is -2.10. The van der Waals surface area contributed by atoms with E-state index in [1.165, 1.54) is 0 Å². The fraction of sp³-hybridized carbons (Fsp3) is 0.200. The van der Waals surface area contributed by atoms with Crippen molar-refractivity contribution in [3.8, 4) is 0 Å². The first-order valence-electron chi connectivity index (χ1n) is 6.19. The van der Waals surface area contributed by atoms with Crippen molar-refractivity contribution in [3.05, 3.63) is 65.0 Å². The highest BCUT2D eigenvalue weighted by Gasteiger charge is 2.09. The molecule has 0 atom stereocenters. The van der Waals surface area contributed by atoms with Crippen molar-refractivity contribution in [2.75, 3.05) is 0 Å². The van der Waals surface area contributed by atoms with Gasteiger partial charge in [0.15, 0.2) is 0 Å². The van der Waals surface area contributed by atoms with Gasteiger partial charge >= 0.3 is 0 Å². The quantitative estimate of drug-likeness (QED) is 0.875. The number of benzene rings is 1. The Hall–Kier alpha value is -2.20. The lowest BCUT2D eigenvalue weighted by atomic mass is 10.1. The van der Waals surface area contributed by atoms with Crippen molar-refractivity contribution in [1.82, 2.24) is 10.3 Å². The fourth-order valence-corrected chi connectivity index (χ4v) is 1.92. The molecule has 0 aliphatic heterocycles. The van der Waals surface area contributed by atoms with Crippen LogP contribution in [0, 0.1) is 6.92 Å². The van der Waals surface area contributed by atoms with E-state index in [1.807, 2.05) is 31.2 Å². The average Bonchev–Trinajstić information content (AvgIpc) is 2.45. The summed E-state index contributed by atoms with van der Waals surface area (Å²) in [7, 11) is 0. The van der Waals surface area contributed by atoms with E-state index in [0.717, 1.165) is 16.8 Å². The molecule has 4 heteroatoms. The number of rotatable bonds is 4. The van der Waals surface area contributed by atoms with E-state index in [4.69, 9.17) is 5.73 Å². The third-order valence-electron chi connectivity index (χ3n) is 3.03. The second-order valence-corrected chi connectivity index (χ2v) is 4.29. The number of amides is 1. The van der Waals surface area contributed by atoms with Crippen LogP contribution in [0.1, 0.15) is 27.2 Å². The number of aromatic nitrogens is 1. The van der Waals surface area contributed by atoms with Crippen LogP contribution in [-0.2, 0) is 13.1 Å². The number of carbonyl (C=O) groups is 1. The Balaban J connectivity index is 2.07. The number of hydrogen-bond acceptors (Lipinski definition) is 3. The summed E-state index contributed by atoms with van der Waals surface area (Å²) in [6, 6.07) is 11.4. The number of hydrogen-bond donors (Lipinski definition) is 2. The van der Waals surface area contributed by atoms with Crippen molar-refractivity contribution in [2.45, 2.75) is 20.0 Å². The molecule has 0 saturated heterocycles. The molecule has 1 aromatic carbocycles. The fourth-order valence-electron chi connectivity index (χ4n) is 1.92. The Morgan fingerprint density at radius 3 is 2.63 bits per heavy atom. The van der Waals surface area contributed by atoms with E-state index in [2.05, 4.69) is 10.3 Å². The Labute approximate surface area is 112 Å². The minimum absolute atomic E-state index is 0.113. The predicted molar refractivity (Wildman–Crippen MR) is 74.5 cm³/mol. The molecule has 0 aliphatic carbocycles. The lowest BCUT2D eigenvalue weighted by molar-refractivity contribution is 0.0950. The molecule has 2 aromatic rings. The summed E-state index contributed by atoms with van der Waals surface area (Å²) in [4.78, 5) is 16.2. The van der Waals surface area contributed by atoms with Crippen LogP contribution in [-0.4, -0.2) is 10.9 Å². The minimum atomic E-state index is -0.113. The van der Waals surface area contributed by atoms with Gasteiger partial charge in [0, 0.05) is 25.0 Å². The molecule has 0 radical (unpaired) electrons. The molecule has 0 saturated carbocycles. The van der Waals surface area contributed by atoms with Gasteiger partial charge in [0.25, 0.3) is 5.91 Å². The first-order valence-corrected chi connectivity index (χ1v) is 6.19. The predicted octanol–water partition coefficient (Wildman–Crippen LogP) is 1.78. The maximum atomic E-state index is 12.1. The van der Waals surface area contributed by atoms with E-state index >= 15 is 0 Å². The van der Waals surface area contributed by atoms with Crippen LogP contribution >= 0.6 is 0 Å². The zero-order valence-electron chi connectivity index (χ0n) is 10.9. The third kappa shape index (κ3) is 3.17. The summed E-state index contributed by atoms with van der Waals surface area (Å²) >= 11 is 0. The molecule has 98 valence electrons. The monoisotopic (exact) mass is 255 g/mol. The van der Waals surface area contributed by atoms with Crippen molar-refractivity contribution in [1.29, 1.82) is 0 Å². The first-order chi connectivity index (χ1) is 9.22. The van der Waals surface area contributed by atoms with E-state index in [9.17, 15) is 4.79 Å².